The van der Waals surface area contributed by atoms with E-state index in [1.54, 1.807) is 49.4 Å². The van der Waals surface area contributed by atoms with E-state index in [4.69, 9.17) is 4.74 Å². The minimum absolute atomic E-state index is 0.124. The molecule has 0 bridgehead atoms. The number of carboxylic acid groups (broad SMARTS) is 1. The summed E-state index contributed by atoms with van der Waals surface area (Å²) in [5, 5.41) is 32.2. The Bertz CT molecular complexity index is 2270. The quantitative estimate of drug-likeness (QED) is 0.0961. The lowest BCUT2D eigenvalue weighted by Crippen LogP contribution is -2.50. The number of aryl methyl sites for hydroxylation is 1. The van der Waals surface area contributed by atoms with Gasteiger partial charge < -0.3 is 30.7 Å². The number of H-pyrrole nitrogens is 1. The highest BCUT2D eigenvalue weighted by molar-refractivity contribution is 7.89. The van der Waals surface area contributed by atoms with Gasteiger partial charge in [0.25, 0.3) is 0 Å². The van der Waals surface area contributed by atoms with Gasteiger partial charge in [-0.2, -0.15) is 5.21 Å². The monoisotopic (exact) mass is 857 g/mol. The Labute approximate surface area is 355 Å². The molecular weight excluding hydrogens is 803 g/mol. The second kappa shape index (κ2) is 19.2. The smallest absolute Gasteiger partial charge is 0.407 e. The maximum atomic E-state index is 13.9. The molecule has 1 aliphatic carbocycles. The molecule has 326 valence electrons. The number of ether oxygens (including phenoxy) is 1. The Morgan fingerprint density at radius 1 is 0.951 bits per heavy atom. The van der Waals surface area contributed by atoms with Gasteiger partial charge in [0.2, 0.25) is 27.7 Å². The molecule has 18 heteroatoms. The minimum Gasteiger partial charge on any atom is -0.465 e. The lowest BCUT2D eigenvalue weighted by Gasteiger charge is -2.35. The molecule has 1 saturated carbocycles. The number of likely N-dealkylation sites (tertiary alicyclic amines) is 1. The zero-order chi connectivity index (χ0) is 43.9. The fourth-order valence-electron chi connectivity index (χ4n) is 7.92. The molecule has 6 rings (SSSR count). The Hall–Kier alpha value is -5.88. The molecule has 17 nitrogen and oxygen atoms in total. The molecule has 61 heavy (non-hydrogen) atoms. The number of benzene rings is 3. The molecule has 4 aromatic rings. The number of anilines is 1. The number of aromatic amines is 1. The van der Waals surface area contributed by atoms with Gasteiger partial charge in [0.05, 0.1) is 4.90 Å². The number of hydrogen-bond donors (Lipinski definition) is 6. The van der Waals surface area contributed by atoms with Gasteiger partial charge in [0.15, 0.2) is 0 Å². The van der Waals surface area contributed by atoms with E-state index in [-0.39, 0.29) is 53.6 Å². The van der Waals surface area contributed by atoms with Crippen molar-refractivity contribution in [3.8, 4) is 22.5 Å². The molecule has 2 aliphatic rings. The van der Waals surface area contributed by atoms with E-state index in [1.807, 2.05) is 52.0 Å². The van der Waals surface area contributed by atoms with Crippen LogP contribution in [0.15, 0.2) is 71.6 Å². The fourth-order valence-corrected chi connectivity index (χ4v) is 9.29. The molecule has 6 N–H and O–H groups in total. The molecule has 2 unspecified atom stereocenters. The van der Waals surface area contributed by atoms with Crippen molar-refractivity contribution in [2.75, 3.05) is 18.4 Å². The third-order valence-corrected chi connectivity index (χ3v) is 12.7. The van der Waals surface area contributed by atoms with Crippen molar-refractivity contribution in [3.63, 3.8) is 0 Å². The predicted octanol–water partition coefficient (Wildman–Crippen LogP) is 5.65. The van der Waals surface area contributed by atoms with E-state index < -0.39 is 33.9 Å². The van der Waals surface area contributed by atoms with E-state index in [0.717, 1.165) is 35.1 Å². The first kappa shape index (κ1) is 44.7. The SMILES string of the molecule is Cc1cc(S(=O)(=O)NC2CCN(C(=O)O)C(C)C2)ccc1-c1ccc(C[C@H](NC(=O)[C@H]2CC[C@H](CNC(=O)OC(C)(C)C)CC2)C(=O)Nc2ccc(-c3nn[nH]n3)cc2)cc1. The van der Waals surface area contributed by atoms with Crippen molar-refractivity contribution in [1.29, 1.82) is 0 Å². The predicted molar refractivity (Wildman–Crippen MR) is 228 cm³/mol. The lowest BCUT2D eigenvalue weighted by atomic mass is 9.81. The van der Waals surface area contributed by atoms with Crippen LogP contribution in [0.2, 0.25) is 0 Å². The number of carbonyl (C=O) groups excluding carboxylic acids is 3. The molecule has 4 amide bonds. The van der Waals surface area contributed by atoms with E-state index >= 15 is 0 Å². The lowest BCUT2D eigenvalue weighted by molar-refractivity contribution is -0.130. The van der Waals surface area contributed by atoms with Crippen LogP contribution in [-0.4, -0.2) is 99.9 Å². The summed E-state index contributed by atoms with van der Waals surface area (Å²) < 4.78 is 34.8. The number of nitrogens with zero attached hydrogens (tertiary/aromatic N) is 4. The molecule has 0 radical (unpaired) electrons. The zero-order valence-electron chi connectivity index (χ0n) is 35.1. The Morgan fingerprint density at radius 3 is 2.25 bits per heavy atom. The summed E-state index contributed by atoms with van der Waals surface area (Å²) in [6.45, 7) is 9.76. The number of rotatable bonds is 13. The van der Waals surface area contributed by atoms with Crippen LogP contribution in [0, 0.1) is 18.8 Å². The number of piperidine rings is 1. The van der Waals surface area contributed by atoms with E-state index in [0.29, 0.717) is 49.3 Å². The van der Waals surface area contributed by atoms with Gasteiger partial charge in [0.1, 0.15) is 11.6 Å². The van der Waals surface area contributed by atoms with Crippen molar-refractivity contribution >= 4 is 39.7 Å². The number of tetrazole rings is 1. The van der Waals surface area contributed by atoms with Crippen molar-refractivity contribution in [3.05, 3.63) is 77.9 Å². The summed E-state index contributed by atoms with van der Waals surface area (Å²) in [4.78, 5) is 52.7. The van der Waals surface area contributed by atoms with Gasteiger partial charge in [-0.15, -0.1) is 10.2 Å². The first-order valence-corrected chi connectivity index (χ1v) is 22.1. The van der Waals surface area contributed by atoms with Crippen LogP contribution in [0.25, 0.3) is 22.5 Å². The van der Waals surface area contributed by atoms with Gasteiger partial charge in [-0.05, 0) is 143 Å². The van der Waals surface area contributed by atoms with Crippen LogP contribution in [0.3, 0.4) is 0 Å². The molecule has 1 saturated heterocycles. The summed E-state index contributed by atoms with van der Waals surface area (Å²) >= 11 is 0. The summed E-state index contributed by atoms with van der Waals surface area (Å²) in [5.74, 6) is -0.254. The normalized spacial score (nSPS) is 20.0. The van der Waals surface area contributed by atoms with E-state index in [2.05, 4.69) is 41.3 Å². The minimum atomic E-state index is -3.86. The average molecular weight is 858 g/mol. The highest BCUT2D eigenvalue weighted by Crippen LogP contribution is 2.30. The Balaban J connectivity index is 1.11. The third-order valence-electron chi connectivity index (χ3n) is 11.2. The summed E-state index contributed by atoms with van der Waals surface area (Å²) in [7, 11) is -3.86. The van der Waals surface area contributed by atoms with Crippen LogP contribution in [0.4, 0.5) is 15.3 Å². The van der Waals surface area contributed by atoms with Gasteiger partial charge >= 0.3 is 12.2 Å². The van der Waals surface area contributed by atoms with Crippen molar-refractivity contribution in [2.24, 2.45) is 11.8 Å². The Kier molecular flexibility index (Phi) is 14.1. The van der Waals surface area contributed by atoms with Crippen LogP contribution < -0.4 is 20.7 Å². The highest BCUT2D eigenvalue weighted by Gasteiger charge is 2.32. The van der Waals surface area contributed by atoms with Crippen LogP contribution in [0.5, 0.6) is 0 Å². The number of aromatic nitrogens is 4. The zero-order valence-corrected chi connectivity index (χ0v) is 35.9. The van der Waals surface area contributed by atoms with Gasteiger partial charge in [-0.25, -0.2) is 22.7 Å². The maximum Gasteiger partial charge on any atom is 0.407 e. The van der Waals surface area contributed by atoms with E-state index in [1.165, 1.54) is 4.90 Å². The first-order valence-electron chi connectivity index (χ1n) is 20.6. The van der Waals surface area contributed by atoms with Crippen molar-refractivity contribution in [2.45, 2.75) is 108 Å². The summed E-state index contributed by atoms with van der Waals surface area (Å²) in [6, 6.07) is 17.9. The van der Waals surface area contributed by atoms with Crippen LogP contribution in [0.1, 0.15) is 77.3 Å². The molecule has 0 spiro atoms. The average Bonchev–Trinajstić information content (AvgIpc) is 3.75. The molecule has 1 aliphatic heterocycles. The summed E-state index contributed by atoms with van der Waals surface area (Å²) in [5.41, 5.74) is 3.87. The first-order chi connectivity index (χ1) is 28.9. The highest BCUT2D eigenvalue weighted by atomic mass is 32.2. The largest absolute Gasteiger partial charge is 0.465 e. The standard InChI is InChI=1S/C43H55N9O8S/c1-26-22-35(61(58,59)49-34-20-21-52(42(56)57)27(2)23-34)18-19-36(26)30-10-6-28(7-11-30)24-37(40(54)45-33-16-14-31(15-17-33)38-47-50-51-48-38)46-39(53)32-12-8-29(9-13-32)25-44-41(55)60-43(3,4)5/h6-7,10-11,14-19,22,27,29,32,34,37,49H,8-9,12-13,20-21,23-25H2,1-5H3,(H,44,55)(H,45,54)(H,46,53)(H,56,57)(H,47,48,50,51)/t27?,29-,32-,34?,37-/m0/s1. The van der Waals surface area contributed by atoms with Crippen molar-refractivity contribution < 1.29 is 37.4 Å². The molecular formula is C43H55N9O8S. The van der Waals surface area contributed by atoms with Gasteiger partial charge in [-0.3, -0.25) is 9.59 Å². The molecule has 2 heterocycles. The number of sulfonamides is 1. The maximum absolute atomic E-state index is 13.9. The number of alkyl carbamates (subject to hydrolysis) is 1. The molecule has 1 aromatic heterocycles. The summed E-state index contributed by atoms with van der Waals surface area (Å²) in [6.07, 6.45) is 2.23. The third kappa shape index (κ3) is 12.1. The van der Waals surface area contributed by atoms with Gasteiger partial charge in [0, 0.05) is 48.8 Å². The van der Waals surface area contributed by atoms with Crippen LogP contribution in [-0.2, 0) is 30.8 Å². The molecule has 3 aromatic carbocycles. The molecule has 2 fully saturated rings. The van der Waals surface area contributed by atoms with E-state index in [9.17, 15) is 32.7 Å². The topological polar surface area (TPSA) is 238 Å². The second-order valence-corrected chi connectivity index (χ2v) is 18.7. The van der Waals surface area contributed by atoms with Gasteiger partial charge in [-0.1, -0.05) is 30.3 Å². The number of nitrogens with one attached hydrogen (secondary N) is 5. The number of hydrogen-bond acceptors (Lipinski definition) is 10. The molecule has 3 atom stereocenters. The Morgan fingerprint density at radius 2 is 1.64 bits per heavy atom. The number of carbonyl (C=O) groups is 4. The van der Waals surface area contributed by atoms with Crippen molar-refractivity contribution in [1.82, 2.24) is 40.9 Å². The second-order valence-electron chi connectivity index (χ2n) is 17.0. The number of amides is 4. The van der Waals surface area contributed by atoms with Crippen LogP contribution >= 0.6 is 0 Å². The fraction of sp³-hybridized carbons (Fsp3) is 0.465.